The van der Waals surface area contributed by atoms with Gasteiger partial charge in [-0.1, -0.05) is 13.0 Å². The van der Waals surface area contributed by atoms with E-state index in [9.17, 15) is 0 Å². The fourth-order valence-corrected chi connectivity index (χ4v) is 3.88. The second kappa shape index (κ2) is 8.41. The Morgan fingerprint density at radius 1 is 1.33 bits per heavy atom. The molecule has 7 heteroatoms. The zero-order chi connectivity index (χ0) is 16.8. The van der Waals surface area contributed by atoms with E-state index < -0.39 is 0 Å². The first kappa shape index (κ1) is 17.1. The molecule has 124 valence electrons. The third-order valence-corrected chi connectivity index (χ3v) is 5.33. The minimum atomic E-state index is 0.713. The van der Waals surface area contributed by atoms with E-state index in [4.69, 9.17) is 4.74 Å². The molecule has 2 aromatic heterocycles. The molecule has 0 amide bonds. The molecule has 1 N–H and O–H groups in total. The largest absolute Gasteiger partial charge is 0.492 e. The van der Waals surface area contributed by atoms with E-state index in [0.29, 0.717) is 6.61 Å². The number of anilines is 1. The van der Waals surface area contributed by atoms with Crippen LogP contribution in [0.25, 0.3) is 10.6 Å². The van der Waals surface area contributed by atoms with E-state index >= 15 is 0 Å². The lowest BCUT2D eigenvalue weighted by molar-refractivity contribution is 0.315. The highest BCUT2D eigenvalue weighted by Crippen LogP contribution is 2.28. The SMILES string of the molecule is CCCOc1ccc(/C=N\Nc2nc(-c3cccs3)cs2)cc1Br. The number of ether oxygens (including phenoxy) is 1. The van der Waals surface area contributed by atoms with Gasteiger partial charge in [-0.25, -0.2) is 4.98 Å². The van der Waals surface area contributed by atoms with E-state index in [1.807, 2.05) is 35.0 Å². The quantitative estimate of drug-likeness (QED) is 0.383. The number of benzene rings is 1. The summed E-state index contributed by atoms with van der Waals surface area (Å²) in [5.41, 5.74) is 4.94. The van der Waals surface area contributed by atoms with Gasteiger partial charge < -0.3 is 4.74 Å². The number of nitrogens with one attached hydrogen (secondary N) is 1. The lowest BCUT2D eigenvalue weighted by atomic mass is 10.2. The lowest BCUT2D eigenvalue weighted by Crippen LogP contribution is -1.96. The number of hydrazone groups is 1. The molecule has 0 bridgehead atoms. The van der Waals surface area contributed by atoms with Gasteiger partial charge in [0.2, 0.25) is 5.13 Å². The van der Waals surface area contributed by atoms with E-state index in [0.717, 1.165) is 37.9 Å². The highest BCUT2D eigenvalue weighted by molar-refractivity contribution is 9.10. The molecule has 3 aromatic rings. The Balaban J connectivity index is 1.61. The maximum Gasteiger partial charge on any atom is 0.203 e. The third kappa shape index (κ3) is 4.43. The normalized spacial score (nSPS) is 11.1. The van der Waals surface area contributed by atoms with Crippen LogP contribution in [0.4, 0.5) is 5.13 Å². The van der Waals surface area contributed by atoms with Gasteiger partial charge in [0.25, 0.3) is 0 Å². The summed E-state index contributed by atoms with van der Waals surface area (Å²) >= 11 is 6.74. The zero-order valence-corrected chi connectivity index (χ0v) is 16.2. The van der Waals surface area contributed by atoms with Gasteiger partial charge in [0.05, 0.1) is 27.9 Å². The molecular weight excluding hydrogens is 406 g/mol. The Morgan fingerprint density at radius 3 is 3.00 bits per heavy atom. The van der Waals surface area contributed by atoms with Gasteiger partial charge in [-0.3, -0.25) is 5.43 Å². The van der Waals surface area contributed by atoms with Gasteiger partial charge in [-0.2, -0.15) is 5.10 Å². The van der Waals surface area contributed by atoms with Crippen molar-refractivity contribution in [1.82, 2.24) is 4.98 Å². The van der Waals surface area contributed by atoms with E-state index in [-0.39, 0.29) is 0 Å². The topological polar surface area (TPSA) is 46.5 Å². The Hall–Kier alpha value is -1.70. The van der Waals surface area contributed by atoms with E-state index in [1.165, 1.54) is 11.3 Å². The Labute approximate surface area is 157 Å². The number of nitrogens with zero attached hydrogens (tertiary/aromatic N) is 2. The molecule has 0 aliphatic carbocycles. The molecule has 1 aromatic carbocycles. The maximum absolute atomic E-state index is 5.64. The monoisotopic (exact) mass is 421 g/mol. The van der Waals surface area contributed by atoms with Crippen LogP contribution in [0.15, 0.2) is 50.7 Å². The second-order valence-electron chi connectivity index (χ2n) is 4.92. The number of halogens is 1. The fraction of sp³-hybridized carbons (Fsp3) is 0.176. The summed E-state index contributed by atoms with van der Waals surface area (Å²) in [6, 6.07) is 9.98. The van der Waals surface area contributed by atoms with Gasteiger partial charge >= 0.3 is 0 Å². The Bertz CT molecular complexity index is 815. The molecule has 4 nitrogen and oxygen atoms in total. The van der Waals surface area contributed by atoms with E-state index in [1.54, 1.807) is 17.6 Å². The van der Waals surface area contributed by atoms with Gasteiger partial charge in [0.1, 0.15) is 5.75 Å². The minimum Gasteiger partial charge on any atom is -0.492 e. The van der Waals surface area contributed by atoms with Crippen LogP contribution in [0.1, 0.15) is 18.9 Å². The number of hydrogen-bond donors (Lipinski definition) is 1. The van der Waals surface area contributed by atoms with Crippen molar-refractivity contribution in [2.45, 2.75) is 13.3 Å². The Kier molecular flexibility index (Phi) is 6.01. The summed E-state index contributed by atoms with van der Waals surface area (Å²) in [5.74, 6) is 0.850. The molecule has 0 unspecified atom stereocenters. The standard InChI is InChI=1S/C17H16BrN3OS2/c1-2-7-22-15-6-5-12(9-13(15)18)10-19-21-17-20-14(11-24-17)16-4-3-8-23-16/h3-6,8-11H,2,7H2,1H3,(H,20,21)/b19-10-. The molecule has 0 atom stereocenters. The molecule has 2 heterocycles. The number of thiazole rings is 1. The summed E-state index contributed by atoms with van der Waals surface area (Å²) in [6.45, 7) is 2.80. The molecular formula is C17H16BrN3OS2. The molecule has 0 spiro atoms. The number of thiophene rings is 1. The second-order valence-corrected chi connectivity index (χ2v) is 7.58. The van der Waals surface area contributed by atoms with Crippen molar-refractivity contribution in [3.63, 3.8) is 0 Å². The summed E-state index contributed by atoms with van der Waals surface area (Å²) in [4.78, 5) is 5.69. The van der Waals surface area contributed by atoms with Crippen molar-refractivity contribution in [1.29, 1.82) is 0 Å². The molecule has 24 heavy (non-hydrogen) atoms. The predicted octanol–water partition coefficient (Wildman–Crippen LogP) is 5.87. The number of rotatable bonds is 7. The smallest absolute Gasteiger partial charge is 0.203 e. The first-order valence-electron chi connectivity index (χ1n) is 7.47. The fourth-order valence-electron chi connectivity index (χ4n) is 1.95. The highest BCUT2D eigenvalue weighted by atomic mass is 79.9. The van der Waals surface area contributed by atoms with Crippen molar-refractivity contribution >= 4 is 49.9 Å². The van der Waals surface area contributed by atoms with Crippen LogP contribution in [0.3, 0.4) is 0 Å². The highest BCUT2D eigenvalue weighted by Gasteiger charge is 2.04. The first-order chi connectivity index (χ1) is 11.8. The molecule has 0 aliphatic heterocycles. The van der Waals surface area contributed by atoms with Gasteiger partial charge in [0.15, 0.2) is 0 Å². The molecule has 0 saturated heterocycles. The van der Waals surface area contributed by atoms with Crippen molar-refractivity contribution in [2.75, 3.05) is 12.0 Å². The summed E-state index contributed by atoms with van der Waals surface area (Å²) in [7, 11) is 0. The molecule has 0 saturated carbocycles. The molecule has 0 aliphatic rings. The zero-order valence-electron chi connectivity index (χ0n) is 13.0. The minimum absolute atomic E-state index is 0.713. The van der Waals surface area contributed by atoms with Crippen molar-refractivity contribution < 1.29 is 4.74 Å². The summed E-state index contributed by atoms with van der Waals surface area (Å²) in [6.07, 6.45) is 2.75. The number of hydrogen-bond acceptors (Lipinski definition) is 6. The Morgan fingerprint density at radius 2 is 2.25 bits per heavy atom. The lowest BCUT2D eigenvalue weighted by Gasteiger charge is -2.07. The van der Waals surface area contributed by atoms with Crippen molar-refractivity contribution in [3.8, 4) is 16.3 Å². The van der Waals surface area contributed by atoms with Gasteiger partial charge in [0, 0.05) is 5.38 Å². The molecule has 0 fully saturated rings. The third-order valence-electron chi connectivity index (χ3n) is 3.07. The van der Waals surface area contributed by atoms with Crippen LogP contribution < -0.4 is 10.2 Å². The molecule has 0 radical (unpaired) electrons. The average Bonchev–Trinajstić information content (AvgIpc) is 3.25. The summed E-state index contributed by atoms with van der Waals surface area (Å²) < 4.78 is 6.56. The van der Waals surface area contributed by atoms with Gasteiger partial charge in [-0.15, -0.1) is 22.7 Å². The van der Waals surface area contributed by atoms with E-state index in [2.05, 4.69) is 44.4 Å². The first-order valence-corrected chi connectivity index (χ1v) is 10.0. The van der Waals surface area contributed by atoms with Crippen LogP contribution in [0.5, 0.6) is 5.75 Å². The van der Waals surface area contributed by atoms with Crippen LogP contribution in [-0.4, -0.2) is 17.8 Å². The van der Waals surface area contributed by atoms with Crippen LogP contribution >= 0.6 is 38.6 Å². The average molecular weight is 422 g/mol. The van der Waals surface area contributed by atoms with Crippen molar-refractivity contribution in [3.05, 3.63) is 51.1 Å². The van der Waals surface area contributed by atoms with Crippen LogP contribution in [0.2, 0.25) is 0 Å². The maximum atomic E-state index is 5.64. The van der Waals surface area contributed by atoms with Crippen molar-refractivity contribution in [2.24, 2.45) is 5.10 Å². The van der Waals surface area contributed by atoms with Crippen LogP contribution in [0, 0.1) is 0 Å². The number of aromatic nitrogens is 1. The van der Waals surface area contributed by atoms with Gasteiger partial charge in [-0.05, 0) is 57.6 Å². The summed E-state index contributed by atoms with van der Waals surface area (Å²) in [5, 5.41) is 9.10. The van der Waals surface area contributed by atoms with Crippen LogP contribution in [-0.2, 0) is 0 Å². The molecule has 3 rings (SSSR count). The predicted molar refractivity (Wildman–Crippen MR) is 107 cm³/mol.